The van der Waals surface area contributed by atoms with Gasteiger partial charge in [-0.15, -0.1) is 0 Å². The van der Waals surface area contributed by atoms with Crippen LogP contribution in [0.3, 0.4) is 0 Å². The van der Waals surface area contributed by atoms with Gasteiger partial charge in [-0.3, -0.25) is 0 Å². The number of hydrogen-bond acceptors (Lipinski definition) is 2. The van der Waals surface area contributed by atoms with Gasteiger partial charge in [0.05, 0.1) is 18.6 Å². The molecule has 0 aromatic heterocycles. The number of halogens is 3. The first-order chi connectivity index (χ1) is 9.64. The van der Waals surface area contributed by atoms with Gasteiger partial charge in [-0.25, -0.2) is 0 Å². The van der Waals surface area contributed by atoms with Crippen LogP contribution < -0.4 is 5.32 Å². The van der Waals surface area contributed by atoms with Crippen molar-refractivity contribution in [2.75, 3.05) is 13.2 Å². The van der Waals surface area contributed by atoms with Crippen molar-refractivity contribution in [3.63, 3.8) is 0 Å². The summed E-state index contributed by atoms with van der Waals surface area (Å²) in [4.78, 5) is 0. The van der Waals surface area contributed by atoms with Crippen molar-refractivity contribution in [1.82, 2.24) is 5.32 Å². The van der Waals surface area contributed by atoms with Gasteiger partial charge >= 0.3 is 6.18 Å². The largest absolute Gasteiger partial charge is 0.391 e. The average molecular weight is 309 g/mol. The van der Waals surface area contributed by atoms with E-state index >= 15 is 0 Å². The van der Waals surface area contributed by atoms with Gasteiger partial charge in [0, 0.05) is 12.6 Å². The molecule has 1 saturated carbocycles. The second kappa shape index (κ2) is 7.82. The van der Waals surface area contributed by atoms with Crippen LogP contribution in [0.25, 0.3) is 0 Å². The Hall–Kier alpha value is -0.290. The van der Waals surface area contributed by atoms with Crippen molar-refractivity contribution in [2.24, 2.45) is 11.8 Å². The Balaban J connectivity index is 2.55. The van der Waals surface area contributed by atoms with E-state index < -0.39 is 18.2 Å². The Morgan fingerprint density at radius 2 is 1.71 bits per heavy atom. The summed E-state index contributed by atoms with van der Waals surface area (Å²) in [7, 11) is 0. The van der Waals surface area contributed by atoms with E-state index in [-0.39, 0.29) is 6.61 Å². The summed E-state index contributed by atoms with van der Waals surface area (Å²) in [6, 6.07) is 0.316. The highest BCUT2D eigenvalue weighted by Crippen LogP contribution is 2.38. The molecule has 1 fully saturated rings. The molecule has 21 heavy (non-hydrogen) atoms. The zero-order valence-electron chi connectivity index (χ0n) is 13.7. The smallest absolute Gasteiger partial charge is 0.373 e. The van der Waals surface area contributed by atoms with E-state index in [2.05, 4.69) is 19.2 Å². The molecule has 5 heteroatoms. The quantitative estimate of drug-likeness (QED) is 0.745. The highest BCUT2D eigenvalue weighted by atomic mass is 19.4. The lowest BCUT2D eigenvalue weighted by molar-refractivity contribution is -0.163. The molecular formula is C16H30F3NO. The molecule has 0 aliphatic heterocycles. The second-order valence-corrected chi connectivity index (χ2v) is 7.01. The van der Waals surface area contributed by atoms with E-state index in [1.807, 2.05) is 13.8 Å². The Labute approximate surface area is 126 Å². The van der Waals surface area contributed by atoms with Gasteiger partial charge in [-0.2, -0.15) is 13.2 Å². The topological polar surface area (TPSA) is 21.3 Å². The fourth-order valence-corrected chi connectivity index (χ4v) is 2.98. The molecule has 1 aliphatic carbocycles. The van der Waals surface area contributed by atoms with Crippen LogP contribution in [0.5, 0.6) is 0 Å². The molecule has 126 valence electrons. The molecule has 0 unspecified atom stereocenters. The number of alkyl halides is 3. The summed E-state index contributed by atoms with van der Waals surface area (Å²) in [5.41, 5.74) is -0.416. The predicted molar refractivity (Wildman–Crippen MR) is 79.3 cm³/mol. The maximum absolute atomic E-state index is 12.3. The fourth-order valence-electron chi connectivity index (χ4n) is 2.98. The minimum atomic E-state index is -4.14. The maximum Gasteiger partial charge on any atom is 0.391 e. The monoisotopic (exact) mass is 309 g/mol. The SMILES string of the molecule is CC(C)NCC1(OCCC(F)(F)F)CCC(C(C)C)CC1. The first-order valence-corrected chi connectivity index (χ1v) is 8.08. The standard InChI is InChI=1S/C16H30F3NO/c1-12(2)14-5-7-15(8-6-14,11-20-13(3)4)21-10-9-16(17,18)19/h12-14,20H,5-11H2,1-4H3. The third-order valence-corrected chi connectivity index (χ3v) is 4.51. The van der Waals surface area contributed by atoms with Gasteiger partial charge in [0.25, 0.3) is 0 Å². The van der Waals surface area contributed by atoms with E-state index in [0.717, 1.165) is 25.7 Å². The van der Waals surface area contributed by atoms with E-state index in [9.17, 15) is 13.2 Å². The minimum absolute atomic E-state index is 0.227. The number of nitrogens with one attached hydrogen (secondary N) is 1. The average Bonchev–Trinajstić information content (AvgIpc) is 2.35. The third kappa shape index (κ3) is 7.00. The fraction of sp³-hybridized carbons (Fsp3) is 1.00. The number of rotatable bonds is 7. The van der Waals surface area contributed by atoms with Crippen LogP contribution in [-0.4, -0.2) is 31.0 Å². The zero-order valence-corrected chi connectivity index (χ0v) is 13.7. The molecule has 0 saturated heterocycles. The van der Waals surface area contributed by atoms with Crippen molar-refractivity contribution in [2.45, 2.75) is 77.6 Å². The molecule has 1 rings (SSSR count). The molecule has 0 atom stereocenters. The Kier molecular flexibility index (Phi) is 6.98. The second-order valence-electron chi connectivity index (χ2n) is 7.01. The molecule has 1 aliphatic rings. The highest BCUT2D eigenvalue weighted by molar-refractivity contribution is 4.90. The summed E-state index contributed by atoms with van der Waals surface area (Å²) < 4.78 is 42.7. The van der Waals surface area contributed by atoms with E-state index in [4.69, 9.17) is 4.74 Å². The van der Waals surface area contributed by atoms with Gasteiger partial charge in [-0.1, -0.05) is 27.7 Å². The van der Waals surface area contributed by atoms with E-state index in [1.165, 1.54) is 0 Å². The Bertz CT molecular complexity index is 294. The molecule has 2 nitrogen and oxygen atoms in total. The van der Waals surface area contributed by atoms with Crippen LogP contribution in [0.1, 0.15) is 59.8 Å². The summed E-state index contributed by atoms with van der Waals surface area (Å²) in [6.07, 6.45) is -1.19. The molecule has 1 N–H and O–H groups in total. The van der Waals surface area contributed by atoms with Gasteiger partial charge in [0.2, 0.25) is 0 Å². The van der Waals surface area contributed by atoms with Gasteiger partial charge < -0.3 is 10.1 Å². The third-order valence-electron chi connectivity index (χ3n) is 4.51. The number of ether oxygens (including phenoxy) is 1. The Morgan fingerprint density at radius 1 is 1.14 bits per heavy atom. The first kappa shape index (κ1) is 18.8. The van der Waals surface area contributed by atoms with Gasteiger partial charge in [0.1, 0.15) is 0 Å². The van der Waals surface area contributed by atoms with E-state index in [0.29, 0.717) is 24.4 Å². The van der Waals surface area contributed by atoms with Crippen LogP contribution in [0.15, 0.2) is 0 Å². The lowest BCUT2D eigenvalue weighted by Crippen LogP contribution is -2.48. The van der Waals surface area contributed by atoms with Crippen LogP contribution >= 0.6 is 0 Å². The van der Waals surface area contributed by atoms with Crippen molar-refractivity contribution in [1.29, 1.82) is 0 Å². The lowest BCUT2D eigenvalue weighted by Gasteiger charge is -2.42. The molecule has 0 aromatic carbocycles. The maximum atomic E-state index is 12.3. The Morgan fingerprint density at radius 3 is 2.14 bits per heavy atom. The first-order valence-electron chi connectivity index (χ1n) is 8.08. The molecular weight excluding hydrogens is 279 g/mol. The van der Waals surface area contributed by atoms with E-state index in [1.54, 1.807) is 0 Å². The van der Waals surface area contributed by atoms with Gasteiger partial charge in [0.15, 0.2) is 0 Å². The van der Waals surface area contributed by atoms with Crippen molar-refractivity contribution >= 4 is 0 Å². The van der Waals surface area contributed by atoms with Crippen molar-refractivity contribution in [3.05, 3.63) is 0 Å². The minimum Gasteiger partial charge on any atom is -0.373 e. The lowest BCUT2D eigenvalue weighted by atomic mass is 9.74. The van der Waals surface area contributed by atoms with Crippen LogP contribution in [0.2, 0.25) is 0 Å². The van der Waals surface area contributed by atoms with Crippen molar-refractivity contribution < 1.29 is 17.9 Å². The molecule has 0 bridgehead atoms. The van der Waals surface area contributed by atoms with Crippen molar-refractivity contribution in [3.8, 4) is 0 Å². The summed E-state index contributed by atoms with van der Waals surface area (Å²) >= 11 is 0. The molecule has 0 aromatic rings. The highest BCUT2D eigenvalue weighted by Gasteiger charge is 2.38. The van der Waals surface area contributed by atoms with Crippen LogP contribution in [0, 0.1) is 11.8 Å². The van der Waals surface area contributed by atoms with Crippen LogP contribution in [-0.2, 0) is 4.74 Å². The summed E-state index contributed by atoms with van der Waals surface area (Å²) in [5, 5.41) is 3.34. The predicted octanol–water partition coefficient (Wildman–Crippen LogP) is 4.54. The molecule has 0 amide bonds. The molecule has 0 radical (unpaired) electrons. The normalized spacial score (nSPS) is 27.6. The molecule has 0 spiro atoms. The summed E-state index contributed by atoms with van der Waals surface area (Å²) in [5.74, 6) is 1.31. The zero-order chi connectivity index (χ0) is 16.1. The molecule has 0 heterocycles. The van der Waals surface area contributed by atoms with Crippen LogP contribution in [0.4, 0.5) is 13.2 Å². The summed E-state index contributed by atoms with van der Waals surface area (Å²) in [6.45, 7) is 8.94. The number of hydrogen-bond donors (Lipinski definition) is 1. The van der Waals surface area contributed by atoms with Gasteiger partial charge in [-0.05, 0) is 37.5 Å².